The van der Waals surface area contributed by atoms with Crippen LogP contribution in [0.15, 0.2) is 33.7 Å². The first-order valence-electron chi connectivity index (χ1n) is 5.85. The summed E-state index contributed by atoms with van der Waals surface area (Å²) in [6, 6.07) is 9.74. The van der Waals surface area contributed by atoms with Gasteiger partial charge in [0.2, 0.25) is 5.89 Å². The Labute approximate surface area is 120 Å². The van der Waals surface area contributed by atoms with Crippen molar-refractivity contribution in [3.8, 4) is 6.07 Å². The molecule has 0 aliphatic rings. The number of halogens is 1. The van der Waals surface area contributed by atoms with E-state index in [0.29, 0.717) is 30.3 Å². The lowest BCUT2D eigenvalue weighted by atomic mass is 10.2. The van der Waals surface area contributed by atoms with Crippen molar-refractivity contribution in [3.05, 3.63) is 41.0 Å². The summed E-state index contributed by atoms with van der Waals surface area (Å²) in [7, 11) is 0. The highest BCUT2D eigenvalue weighted by Gasteiger charge is 2.07. The Balaban J connectivity index is 1.87. The van der Waals surface area contributed by atoms with Gasteiger partial charge < -0.3 is 4.52 Å². The SMILES string of the molecule is N#CCCCc1nc(CSc2ccccc2Cl)no1. The van der Waals surface area contributed by atoms with E-state index in [1.54, 1.807) is 11.8 Å². The number of hydrogen-bond donors (Lipinski definition) is 0. The molecule has 2 aromatic rings. The van der Waals surface area contributed by atoms with Crippen LogP contribution in [0.3, 0.4) is 0 Å². The molecule has 98 valence electrons. The minimum atomic E-state index is 0.506. The minimum Gasteiger partial charge on any atom is -0.339 e. The second kappa shape index (κ2) is 7.17. The van der Waals surface area contributed by atoms with Crippen LogP contribution in [-0.4, -0.2) is 10.1 Å². The van der Waals surface area contributed by atoms with E-state index in [0.717, 1.165) is 16.3 Å². The molecule has 0 aliphatic heterocycles. The summed E-state index contributed by atoms with van der Waals surface area (Å²) in [6.45, 7) is 0. The lowest BCUT2D eigenvalue weighted by Crippen LogP contribution is -1.87. The second-order valence-electron chi connectivity index (χ2n) is 3.84. The molecule has 0 saturated carbocycles. The zero-order chi connectivity index (χ0) is 13.5. The second-order valence-corrected chi connectivity index (χ2v) is 5.26. The number of rotatable bonds is 6. The molecule has 2 rings (SSSR count). The van der Waals surface area contributed by atoms with E-state index >= 15 is 0 Å². The Kier molecular flexibility index (Phi) is 5.25. The number of thioether (sulfide) groups is 1. The largest absolute Gasteiger partial charge is 0.339 e. The molecule has 0 amide bonds. The van der Waals surface area contributed by atoms with Crippen LogP contribution in [0.2, 0.25) is 5.02 Å². The molecule has 1 aromatic carbocycles. The van der Waals surface area contributed by atoms with Gasteiger partial charge in [0.05, 0.1) is 16.8 Å². The van der Waals surface area contributed by atoms with Gasteiger partial charge in [-0.25, -0.2) is 0 Å². The highest BCUT2D eigenvalue weighted by molar-refractivity contribution is 7.98. The van der Waals surface area contributed by atoms with Gasteiger partial charge in [0, 0.05) is 17.7 Å². The van der Waals surface area contributed by atoms with Crippen LogP contribution in [-0.2, 0) is 12.2 Å². The molecule has 0 unspecified atom stereocenters. The van der Waals surface area contributed by atoms with Crippen molar-refractivity contribution in [1.29, 1.82) is 5.26 Å². The summed E-state index contributed by atoms with van der Waals surface area (Å²) in [5.41, 5.74) is 0. The highest BCUT2D eigenvalue weighted by atomic mass is 35.5. The lowest BCUT2D eigenvalue weighted by Gasteiger charge is -2.00. The van der Waals surface area contributed by atoms with Gasteiger partial charge in [-0.3, -0.25) is 0 Å². The summed E-state index contributed by atoms with van der Waals surface area (Å²) < 4.78 is 5.11. The number of unbranched alkanes of at least 4 members (excludes halogenated alkanes) is 1. The minimum absolute atomic E-state index is 0.506. The molecular weight excluding hydrogens is 282 g/mol. The average molecular weight is 294 g/mol. The predicted octanol–water partition coefficient (Wildman–Crippen LogP) is 3.86. The summed E-state index contributed by atoms with van der Waals surface area (Å²) in [6.07, 6.45) is 1.90. The fourth-order valence-corrected chi connectivity index (χ4v) is 2.56. The predicted molar refractivity (Wildman–Crippen MR) is 73.9 cm³/mol. The van der Waals surface area contributed by atoms with E-state index in [4.69, 9.17) is 21.4 Å². The molecule has 0 saturated heterocycles. The fourth-order valence-electron chi connectivity index (χ4n) is 1.47. The number of nitriles is 1. The third-order valence-electron chi connectivity index (χ3n) is 2.38. The van der Waals surface area contributed by atoms with Crippen LogP contribution in [0, 0.1) is 11.3 Å². The third kappa shape index (κ3) is 4.27. The van der Waals surface area contributed by atoms with E-state index in [1.807, 2.05) is 24.3 Å². The molecule has 0 spiro atoms. The fraction of sp³-hybridized carbons (Fsp3) is 0.308. The maximum Gasteiger partial charge on any atom is 0.226 e. The van der Waals surface area contributed by atoms with E-state index in [1.165, 1.54) is 0 Å². The highest BCUT2D eigenvalue weighted by Crippen LogP contribution is 2.28. The van der Waals surface area contributed by atoms with Gasteiger partial charge in [-0.15, -0.1) is 11.8 Å². The van der Waals surface area contributed by atoms with Crippen LogP contribution in [0.1, 0.15) is 24.6 Å². The summed E-state index contributed by atoms with van der Waals surface area (Å²) in [5.74, 6) is 1.85. The quantitative estimate of drug-likeness (QED) is 0.598. The molecule has 0 N–H and O–H groups in total. The smallest absolute Gasteiger partial charge is 0.226 e. The molecule has 0 aliphatic carbocycles. The topological polar surface area (TPSA) is 62.7 Å². The van der Waals surface area contributed by atoms with Gasteiger partial charge in [0.1, 0.15) is 0 Å². The Morgan fingerprint density at radius 1 is 1.37 bits per heavy atom. The van der Waals surface area contributed by atoms with E-state index in [2.05, 4.69) is 16.2 Å². The van der Waals surface area contributed by atoms with Crippen LogP contribution < -0.4 is 0 Å². The Hall–Kier alpha value is -1.51. The standard InChI is InChI=1S/C13H12ClN3OS/c14-10-5-1-2-6-11(10)19-9-12-16-13(18-17-12)7-3-4-8-15/h1-2,5-6H,3-4,7,9H2. The number of benzene rings is 1. The van der Waals surface area contributed by atoms with E-state index < -0.39 is 0 Å². The van der Waals surface area contributed by atoms with Crippen molar-refractivity contribution >= 4 is 23.4 Å². The molecule has 6 heteroatoms. The van der Waals surface area contributed by atoms with Gasteiger partial charge in [0.25, 0.3) is 0 Å². The van der Waals surface area contributed by atoms with Crippen molar-refractivity contribution in [3.63, 3.8) is 0 Å². The van der Waals surface area contributed by atoms with Crippen LogP contribution in [0.5, 0.6) is 0 Å². The number of aryl methyl sites for hydroxylation is 1. The lowest BCUT2D eigenvalue weighted by molar-refractivity contribution is 0.372. The summed E-state index contributed by atoms with van der Waals surface area (Å²) in [5, 5.41) is 13.1. The molecule has 0 fully saturated rings. The summed E-state index contributed by atoms with van der Waals surface area (Å²) >= 11 is 7.64. The van der Waals surface area contributed by atoms with Crippen molar-refractivity contribution in [2.45, 2.75) is 29.9 Å². The maximum absolute atomic E-state index is 8.45. The van der Waals surface area contributed by atoms with Crippen LogP contribution in [0.25, 0.3) is 0 Å². The van der Waals surface area contributed by atoms with Crippen LogP contribution >= 0.6 is 23.4 Å². The number of hydrogen-bond acceptors (Lipinski definition) is 5. The monoisotopic (exact) mass is 293 g/mol. The molecule has 0 bridgehead atoms. The molecule has 0 radical (unpaired) electrons. The Morgan fingerprint density at radius 3 is 3.00 bits per heavy atom. The van der Waals surface area contributed by atoms with Crippen molar-refractivity contribution in [1.82, 2.24) is 10.1 Å². The summed E-state index contributed by atoms with van der Waals surface area (Å²) in [4.78, 5) is 5.28. The zero-order valence-corrected chi connectivity index (χ0v) is 11.7. The van der Waals surface area contributed by atoms with Crippen LogP contribution in [0.4, 0.5) is 0 Å². The van der Waals surface area contributed by atoms with E-state index in [9.17, 15) is 0 Å². The van der Waals surface area contributed by atoms with Gasteiger partial charge in [-0.05, 0) is 18.6 Å². The molecule has 19 heavy (non-hydrogen) atoms. The van der Waals surface area contributed by atoms with Gasteiger partial charge in [-0.2, -0.15) is 10.2 Å². The first kappa shape index (κ1) is 13.9. The van der Waals surface area contributed by atoms with Crippen molar-refractivity contribution in [2.75, 3.05) is 0 Å². The molecule has 1 aromatic heterocycles. The van der Waals surface area contributed by atoms with Crippen molar-refractivity contribution < 1.29 is 4.52 Å². The normalized spacial score (nSPS) is 10.3. The van der Waals surface area contributed by atoms with Gasteiger partial charge in [0.15, 0.2) is 5.82 Å². The third-order valence-corrected chi connectivity index (χ3v) is 3.89. The zero-order valence-electron chi connectivity index (χ0n) is 10.2. The molecule has 0 atom stereocenters. The Bertz CT molecular complexity index is 579. The molecule has 4 nitrogen and oxygen atoms in total. The van der Waals surface area contributed by atoms with Gasteiger partial charge >= 0.3 is 0 Å². The first-order valence-corrected chi connectivity index (χ1v) is 7.21. The average Bonchev–Trinajstić information content (AvgIpc) is 2.86. The van der Waals surface area contributed by atoms with Gasteiger partial charge in [-0.1, -0.05) is 28.9 Å². The number of nitrogens with zero attached hydrogens (tertiary/aromatic N) is 3. The Morgan fingerprint density at radius 2 is 2.21 bits per heavy atom. The molecule has 1 heterocycles. The maximum atomic E-state index is 8.45. The van der Waals surface area contributed by atoms with Crippen molar-refractivity contribution in [2.24, 2.45) is 0 Å². The number of aromatic nitrogens is 2. The molecular formula is C13H12ClN3OS. The van der Waals surface area contributed by atoms with E-state index in [-0.39, 0.29) is 0 Å². The first-order chi connectivity index (χ1) is 9.29.